The molecule has 1 unspecified atom stereocenters. The molecule has 2 heterocycles. The highest BCUT2D eigenvalue weighted by Crippen LogP contribution is 2.26. The lowest BCUT2D eigenvalue weighted by Crippen LogP contribution is -2.38. The average Bonchev–Trinajstić information content (AvgIpc) is 2.92. The van der Waals surface area contributed by atoms with Crippen LogP contribution in [0.1, 0.15) is 11.1 Å². The number of ether oxygens (including phenoxy) is 1. The summed E-state index contributed by atoms with van der Waals surface area (Å²) in [6.07, 6.45) is 4.52. The van der Waals surface area contributed by atoms with Gasteiger partial charge in [-0.1, -0.05) is 18.2 Å². The first-order chi connectivity index (χ1) is 10.2. The van der Waals surface area contributed by atoms with E-state index >= 15 is 0 Å². The van der Waals surface area contributed by atoms with Crippen LogP contribution in [0.2, 0.25) is 0 Å². The van der Waals surface area contributed by atoms with Crippen LogP contribution in [0.5, 0.6) is 5.75 Å². The molecule has 1 aromatic carbocycles. The van der Waals surface area contributed by atoms with Gasteiger partial charge in [0.25, 0.3) is 0 Å². The summed E-state index contributed by atoms with van der Waals surface area (Å²) in [7, 11) is 0. The van der Waals surface area contributed by atoms with Crippen LogP contribution in [0.15, 0.2) is 36.7 Å². The maximum absolute atomic E-state index is 12.2. The zero-order valence-corrected chi connectivity index (χ0v) is 12.1. The maximum atomic E-state index is 12.2. The molecule has 5 nitrogen and oxygen atoms in total. The van der Waals surface area contributed by atoms with Crippen LogP contribution in [0.4, 0.5) is 0 Å². The molecule has 0 bridgehead atoms. The van der Waals surface area contributed by atoms with Crippen molar-refractivity contribution in [2.75, 3.05) is 13.2 Å². The highest BCUT2D eigenvalue weighted by molar-refractivity contribution is 5.79. The van der Waals surface area contributed by atoms with Crippen molar-refractivity contribution < 1.29 is 9.53 Å². The minimum absolute atomic E-state index is 0.0494. The summed E-state index contributed by atoms with van der Waals surface area (Å²) < 4.78 is 7.48. The molecule has 110 valence electrons. The van der Waals surface area contributed by atoms with Gasteiger partial charge in [0.2, 0.25) is 5.91 Å². The number of hydrogen-bond donors (Lipinski definition) is 1. The minimum atomic E-state index is -0.112. The fraction of sp³-hybridized carbons (Fsp3) is 0.375. The lowest BCUT2D eigenvalue weighted by molar-refractivity contribution is -0.126. The van der Waals surface area contributed by atoms with Crippen molar-refractivity contribution in [3.8, 4) is 5.75 Å². The van der Waals surface area contributed by atoms with Gasteiger partial charge in [-0.15, -0.1) is 0 Å². The van der Waals surface area contributed by atoms with E-state index in [4.69, 9.17) is 4.74 Å². The molecule has 21 heavy (non-hydrogen) atoms. The van der Waals surface area contributed by atoms with E-state index in [-0.39, 0.29) is 11.8 Å². The molecule has 3 rings (SSSR count). The molecule has 0 saturated carbocycles. The molecule has 0 fully saturated rings. The number of hydrogen-bond acceptors (Lipinski definition) is 3. The lowest BCUT2D eigenvalue weighted by Gasteiger charge is -2.24. The number of aryl methyl sites for hydroxylation is 1. The second kappa shape index (κ2) is 5.99. The van der Waals surface area contributed by atoms with Gasteiger partial charge in [-0.05, 0) is 30.5 Å². The van der Waals surface area contributed by atoms with Crippen LogP contribution in [0.3, 0.4) is 0 Å². The number of aromatic nitrogens is 2. The first-order valence-electron chi connectivity index (χ1n) is 7.20. The van der Waals surface area contributed by atoms with Gasteiger partial charge < -0.3 is 10.1 Å². The molecule has 0 spiro atoms. The van der Waals surface area contributed by atoms with Crippen LogP contribution in [0.25, 0.3) is 0 Å². The van der Waals surface area contributed by atoms with E-state index in [9.17, 15) is 4.79 Å². The Hall–Kier alpha value is -2.30. The van der Waals surface area contributed by atoms with E-state index in [0.29, 0.717) is 19.7 Å². The first kappa shape index (κ1) is 13.7. The average molecular weight is 285 g/mol. The van der Waals surface area contributed by atoms with E-state index < -0.39 is 0 Å². The third kappa shape index (κ3) is 3.24. The van der Waals surface area contributed by atoms with Gasteiger partial charge in [-0.2, -0.15) is 5.10 Å². The van der Waals surface area contributed by atoms with Gasteiger partial charge in [0, 0.05) is 12.7 Å². The number of carbonyl (C=O) groups is 1. The summed E-state index contributed by atoms with van der Waals surface area (Å²) in [5.41, 5.74) is 2.23. The van der Waals surface area contributed by atoms with Crippen LogP contribution < -0.4 is 10.1 Å². The lowest BCUT2D eigenvalue weighted by atomic mass is 9.96. The van der Waals surface area contributed by atoms with E-state index in [0.717, 1.165) is 23.3 Å². The standard InChI is InChI=1S/C16H19N3O2/c1-12-9-18-19(10-12)7-6-17-16(20)14-8-13-4-2-3-5-15(13)21-11-14/h2-5,9-10,14H,6-8,11H2,1H3,(H,17,20). The molecule has 2 aromatic rings. The maximum Gasteiger partial charge on any atom is 0.226 e. The Morgan fingerprint density at radius 1 is 1.48 bits per heavy atom. The second-order valence-electron chi connectivity index (χ2n) is 5.39. The zero-order chi connectivity index (χ0) is 14.7. The number of amides is 1. The Bertz CT molecular complexity index is 636. The van der Waals surface area contributed by atoms with Gasteiger partial charge in [0.15, 0.2) is 0 Å². The SMILES string of the molecule is Cc1cnn(CCNC(=O)C2COc3ccccc3C2)c1. The molecule has 1 atom stereocenters. The van der Waals surface area contributed by atoms with Gasteiger partial charge in [0.1, 0.15) is 12.4 Å². The summed E-state index contributed by atoms with van der Waals surface area (Å²) in [6.45, 7) is 3.71. The Balaban J connectivity index is 1.50. The highest BCUT2D eigenvalue weighted by atomic mass is 16.5. The topological polar surface area (TPSA) is 56.2 Å². The van der Waals surface area contributed by atoms with Crippen LogP contribution in [-0.4, -0.2) is 28.8 Å². The Kier molecular flexibility index (Phi) is 3.90. The molecule has 0 radical (unpaired) electrons. The first-order valence-corrected chi connectivity index (χ1v) is 7.20. The number of para-hydroxylation sites is 1. The fourth-order valence-corrected chi connectivity index (χ4v) is 2.52. The second-order valence-corrected chi connectivity index (χ2v) is 5.39. The Morgan fingerprint density at radius 3 is 3.14 bits per heavy atom. The smallest absolute Gasteiger partial charge is 0.226 e. The van der Waals surface area contributed by atoms with Crippen molar-refractivity contribution in [1.29, 1.82) is 0 Å². The van der Waals surface area contributed by atoms with Crippen molar-refractivity contribution in [3.63, 3.8) is 0 Å². The van der Waals surface area contributed by atoms with Crippen molar-refractivity contribution in [2.45, 2.75) is 19.9 Å². The molecule has 1 amide bonds. The molecule has 1 N–H and O–H groups in total. The van der Waals surface area contributed by atoms with E-state index in [1.165, 1.54) is 0 Å². The van der Waals surface area contributed by atoms with Gasteiger partial charge in [-0.25, -0.2) is 0 Å². The van der Waals surface area contributed by atoms with Crippen LogP contribution in [0, 0.1) is 12.8 Å². The monoisotopic (exact) mass is 285 g/mol. The quantitative estimate of drug-likeness (QED) is 0.927. The Morgan fingerprint density at radius 2 is 2.33 bits per heavy atom. The van der Waals surface area contributed by atoms with E-state index in [2.05, 4.69) is 10.4 Å². The number of carbonyl (C=O) groups excluding carboxylic acids is 1. The number of fused-ring (bicyclic) bond motifs is 1. The number of rotatable bonds is 4. The van der Waals surface area contributed by atoms with Crippen molar-refractivity contribution in [3.05, 3.63) is 47.8 Å². The molecule has 5 heteroatoms. The molecule has 0 saturated heterocycles. The molecule has 1 aromatic heterocycles. The van der Waals surface area contributed by atoms with Crippen molar-refractivity contribution in [1.82, 2.24) is 15.1 Å². The van der Waals surface area contributed by atoms with Crippen LogP contribution in [-0.2, 0) is 17.8 Å². The van der Waals surface area contributed by atoms with Crippen molar-refractivity contribution in [2.24, 2.45) is 5.92 Å². The van der Waals surface area contributed by atoms with Crippen LogP contribution >= 0.6 is 0 Å². The molecular formula is C16H19N3O2. The van der Waals surface area contributed by atoms with E-state index in [1.807, 2.05) is 48.3 Å². The van der Waals surface area contributed by atoms with Gasteiger partial charge >= 0.3 is 0 Å². The minimum Gasteiger partial charge on any atom is -0.492 e. The normalized spacial score (nSPS) is 16.9. The number of nitrogens with one attached hydrogen (secondary N) is 1. The number of benzene rings is 1. The number of nitrogens with zero attached hydrogens (tertiary/aromatic N) is 2. The largest absolute Gasteiger partial charge is 0.492 e. The molecule has 0 aliphatic carbocycles. The third-order valence-corrected chi connectivity index (χ3v) is 3.65. The summed E-state index contributed by atoms with van der Waals surface area (Å²) >= 11 is 0. The van der Waals surface area contributed by atoms with E-state index in [1.54, 1.807) is 0 Å². The Labute approximate surface area is 123 Å². The van der Waals surface area contributed by atoms with Crippen molar-refractivity contribution >= 4 is 5.91 Å². The zero-order valence-electron chi connectivity index (χ0n) is 12.1. The molecule has 1 aliphatic rings. The molecular weight excluding hydrogens is 266 g/mol. The predicted octanol–water partition coefficient (Wildman–Crippen LogP) is 1.56. The van der Waals surface area contributed by atoms with Gasteiger partial charge in [-0.3, -0.25) is 9.48 Å². The fourth-order valence-electron chi connectivity index (χ4n) is 2.52. The summed E-state index contributed by atoms with van der Waals surface area (Å²) in [5, 5.41) is 7.16. The van der Waals surface area contributed by atoms with Gasteiger partial charge in [0.05, 0.1) is 18.7 Å². The highest BCUT2D eigenvalue weighted by Gasteiger charge is 2.25. The third-order valence-electron chi connectivity index (χ3n) is 3.65. The predicted molar refractivity (Wildman–Crippen MR) is 79.1 cm³/mol. The summed E-state index contributed by atoms with van der Waals surface area (Å²) in [6, 6.07) is 7.89. The summed E-state index contributed by atoms with van der Waals surface area (Å²) in [4.78, 5) is 12.2. The summed E-state index contributed by atoms with van der Waals surface area (Å²) in [5.74, 6) is 0.834. The molecule has 1 aliphatic heterocycles.